The minimum Gasteiger partial charge on any atom is -0.452 e. The van der Waals surface area contributed by atoms with Gasteiger partial charge < -0.3 is 13.6 Å². The monoisotopic (exact) mass is 821 g/mol. The summed E-state index contributed by atoms with van der Waals surface area (Å²) in [7, 11) is 0. The summed E-state index contributed by atoms with van der Waals surface area (Å²) in [5.41, 5.74) is 14.2. The zero-order valence-corrected chi connectivity index (χ0v) is 35.0. The van der Waals surface area contributed by atoms with Crippen LogP contribution in [0.1, 0.15) is 11.3 Å². The van der Waals surface area contributed by atoms with E-state index in [1.165, 1.54) is 5.56 Å². The molecular formula is C58H39N5O. The van der Waals surface area contributed by atoms with Crippen molar-refractivity contribution >= 4 is 60.7 Å². The topological polar surface area (TPSA) is 61.7 Å². The number of hydrogen-bond donors (Lipinski definition) is 0. The minimum absolute atomic E-state index is 0.602. The van der Waals surface area contributed by atoms with E-state index in [9.17, 15) is 0 Å². The largest absolute Gasteiger partial charge is 0.452 e. The van der Waals surface area contributed by atoms with Crippen LogP contribution in [0.25, 0.3) is 117 Å². The second-order valence-corrected chi connectivity index (χ2v) is 16.1. The molecule has 0 atom stereocenters. The van der Waals surface area contributed by atoms with Crippen molar-refractivity contribution in [2.24, 2.45) is 0 Å². The quantitative estimate of drug-likeness (QED) is 0.143. The lowest BCUT2D eigenvalue weighted by molar-refractivity contribution is 0.673. The van der Waals surface area contributed by atoms with Gasteiger partial charge in [0.25, 0.3) is 0 Å². The average Bonchev–Trinajstić information content (AvgIpc) is 4.01. The first kappa shape index (κ1) is 37.2. The molecule has 4 aromatic heterocycles. The number of fused-ring (bicyclic) bond motifs is 9. The molecule has 0 radical (unpaired) electrons. The zero-order valence-electron chi connectivity index (χ0n) is 35.0. The van der Waals surface area contributed by atoms with E-state index >= 15 is 0 Å². The fourth-order valence-electron chi connectivity index (χ4n) is 9.33. The summed E-state index contributed by atoms with van der Waals surface area (Å²) in [5.74, 6) is 1.84. The van der Waals surface area contributed by atoms with Crippen LogP contribution in [-0.2, 0) is 0 Å². The molecular weight excluding hydrogens is 783 g/mol. The number of allylic oxidation sites excluding steroid dienone is 2. The van der Waals surface area contributed by atoms with E-state index in [0.717, 1.165) is 99.5 Å². The Morgan fingerprint density at radius 1 is 0.438 bits per heavy atom. The molecule has 0 fully saturated rings. The van der Waals surface area contributed by atoms with Crippen LogP contribution >= 0.6 is 0 Å². The molecule has 0 saturated heterocycles. The minimum atomic E-state index is 0.602. The van der Waals surface area contributed by atoms with E-state index in [-0.39, 0.29) is 0 Å². The highest BCUT2D eigenvalue weighted by molar-refractivity contribution is 6.24. The lowest BCUT2D eigenvalue weighted by Gasteiger charge is -2.11. The van der Waals surface area contributed by atoms with Crippen molar-refractivity contribution in [3.05, 3.63) is 218 Å². The predicted molar refractivity (Wildman–Crippen MR) is 264 cm³/mol. The second-order valence-electron chi connectivity index (χ2n) is 16.1. The molecule has 64 heavy (non-hydrogen) atoms. The molecule has 0 N–H and O–H groups in total. The third-order valence-electron chi connectivity index (χ3n) is 12.4. The first-order chi connectivity index (χ1) is 31.6. The summed E-state index contributed by atoms with van der Waals surface area (Å²) >= 11 is 0. The summed E-state index contributed by atoms with van der Waals surface area (Å²) < 4.78 is 11.9. The highest BCUT2D eigenvalue weighted by Crippen LogP contribution is 2.44. The van der Waals surface area contributed by atoms with Gasteiger partial charge in [-0.1, -0.05) is 146 Å². The maximum absolute atomic E-state index is 7.23. The predicted octanol–water partition coefficient (Wildman–Crippen LogP) is 15.0. The van der Waals surface area contributed by atoms with Crippen molar-refractivity contribution in [2.75, 3.05) is 0 Å². The smallest absolute Gasteiger partial charge is 0.164 e. The van der Waals surface area contributed by atoms with Gasteiger partial charge in [0.1, 0.15) is 0 Å². The van der Waals surface area contributed by atoms with Gasteiger partial charge in [-0.2, -0.15) is 0 Å². The maximum atomic E-state index is 7.23. The molecule has 12 aromatic rings. The van der Waals surface area contributed by atoms with E-state index in [2.05, 4.69) is 180 Å². The number of hydrogen-bond acceptors (Lipinski definition) is 4. The molecule has 0 aliphatic rings. The lowest BCUT2D eigenvalue weighted by atomic mass is 10.0. The number of aromatic nitrogens is 5. The summed E-state index contributed by atoms with van der Waals surface area (Å²) in [6.45, 7) is 6.14. The SMILES string of the molecule is C=C/C=C\c1c(C)c2ccc3c4ccc5c6ccccc6n(-c6ccc(-c7nc(-c8ccccc8)nc(-c8cccc(-c9ccccc9)c8)n7)cc6)c5c4oc3c2n1-c1ccccc1. The molecule has 8 aromatic carbocycles. The molecule has 0 spiro atoms. The van der Waals surface area contributed by atoms with Gasteiger partial charge in [-0.25, -0.2) is 15.0 Å². The third-order valence-corrected chi connectivity index (χ3v) is 12.4. The number of para-hydroxylation sites is 2. The van der Waals surface area contributed by atoms with Gasteiger partial charge in [0.05, 0.1) is 16.6 Å². The van der Waals surface area contributed by atoms with Crippen LogP contribution in [0, 0.1) is 6.92 Å². The Morgan fingerprint density at radius 2 is 0.953 bits per heavy atom. The Labute approximate surface area is 369 Å². The Morgan fingerprint density at radius 3 is 1.64 bits per heavy atom. The molecule has 0 bridgehead atoms. The normalized spacial score (nSPS) is 11.8. The summed E-state index contributed by atoms with van der Waals surface area (Å²) in [6.07, 6.45) is 5.95. The summed E-state index contributed by atoms with van der Waals surface area (Å²) in [4.78, 5) is 15.2. The van der Waals surface area contributed by atoms with Gasteiger partial charge in [-0.05, 0) is 90.4 Å². The molecule has 302 valence electrons. The number of furan rings is 1. The number of rotatable bonds is 8. The standard InChI is InChI=1S/C58H39N5O/c1-3-4-26-50-37(2)45-32-34-48-49-35-33-47-46-25-14-15-27-51(46)63(53(47)55(49)64-54(48)52(45)62(50)43-23-12-7-13-24-43)44-30-28-40(29-31-44)57-59-56(39-19-10-6-11-20-39)60-58(61-57)42-22-16-21-41(36-42)38-17-8-5-9-18-38/h3-36H,1H2,2H3/b26-4-. The van der Waals surface area contributed by atoms with Crippen LogP contribution < -0.4 is 0 Å². The van der Waals surface area contributed by atoms with Crippen molar-refractivity contribution in [1.82, 2.24) is 24.1 Å². The Bertz CT molecular complexity index is 3780. The second kappa shape index (κ2) is 15.1. The first-order valence-corrected chi connectivity index (χ1v) is 21.5. The third kappa shape index (κ3) is 5.99. The van der Waals surface area contributed by atoms with Gasteiger partial charge in [-0.3, -0.25) is 0 Å². The highest BCUT2D eigenvalue weighted by Gasteiger charge is 2.24. The van der Waals surface area contributed by atoms with Crippen LogP contribution in [0.5, 0.6) is 0 Å². The summed E-state index contributed by atoms with van der Waals surface area (Å²) in [6, 6.07) is 65.4. The Hall–Kier alpha value is -8.61. The molecule has 4 heterocycles. The molecule has 0 aliphatic heterocycles. The molecule has 12 rings (SSSR count). The molecule has 0 amide bonds. The van der Waals surface area contributed by atoms with E-state index in [1.54, 1.807) is 0 Å². The highest BCUT2D eigenvalue weighted by atomic mass is 16.3. The van der Waals surface area contributed by atoms with Crippen LogP contribution in [0.4, 0.5) is 0 Å². The van der Waals surface area contributed by atoms with Crippen LogP contribution in [-0.4, -0.2) is 24.1 Å². The van der Waals surface area contributed by atoms with Gasteiger partial charge >= 0.3 is 0 Å². The van der Waals surface area contributed by atoms with Crippen molar-refractivity contribution in [2.45, 2.75) is 6.92 Å². The van der Waals surface area contributed by atoms with Crippen LogP contribution in [0.2, 0.25) is 0 Å². The fraction of sp³-hybridized carbons (Fsp3) is 0.0172. The first-order valence-electron chi connectivity index (χ1n) is 21.5. The number of benzene rings is 8. The number of nitrogens with zero attached hydrogens (tertiary/aromatic N) is 5. The van der Waals surface area contributed by atoms with Crippen molar-refractivity contribution in [3.63, 3.8) is 0 Å². The number of aryl methyl sites for hydroxylation is 1. The van der Waals surface area contributed by atoms with Crippen molar-refractivity contribution < 1.29 is 4.42 Å². The van der Waals surface area contributed by atoms with Gasteiger partial charge in [0.15, 0.2) is 28.6 Å². The molecule has 0 aliphatic carbocycles. The Balaban J connectivity index is 1.04. The fourth-order valence-corrected chi connectivity index (χ4v) is 9.33. The van der Waals surface area contributed by atoms with E-state index in [4.69, 9.17) is 19.4 Å². The Kier molecular flexibility index (Phi) is 8.76. The molecule has 0 unspecified atom stereocenters. The van der Waals surface area contributed by atoms with Gasteiger partial charge in [-0.15, -0.1) is 0 Å². The van der Waals surface area contributed by atoms with E-state index in [0.29, 0.717) is 17.5 Å². The maximum Gasteiger partial charge on any atom is 0.164 e. The molecule has 6 heteroatoms. The van der Waals surface area contributed by atoms with E-state index in [1.807, 2.05) is 48.6 Å². The van der Waals surface area contributed by atoms with Crippen LogP contribution in [0.3, 0.4) is 0 Å². The van der Waals surface area contributed by atoms with Crippen molar-refractivity contribution in [3.8, 4) is 56.7 Å². The van der Waals surface area contributed by atoms with Crippen molar-refractivity contribution in [1.29, 1.82) is 0 Å². The van der Waals surface area contributed by atoms with Gasteiger partial charge in [0.2, 0.25) is 0 Å². The molecule has 6 nitrogen and oxygen atoms in total. The average molecular weight is 822 g/mol. The molecule has 0 saturated carbocycles. The van der Waals surface area contributed by atoms with Crippen LogP contribution in [0.15, 0.2) is 211 Å². The summed E-state index contributed by atoms with van der Waals surface area (Å²) in [5, 5.41) is 5.56. The lowest BCUT2D eigenvalue weighted by Crippen LogP contribution is -2.00. The zero-order chi connectivity index (χ0) is 42.7. The van der Waals surface area contributed by atoms with Gasteiger partial charge in [0, 0.05) is 60.7 Å². The van der Waals surface area contributed by atoms with E-state index < -0.39 is 0 Å².